The van der Waals surface area contributed by atoms with Crippen LogP contribution in [0.2, 0.25) is 0 Å². The third-order valence-electron chi connectivity index (χ3n) is 15.2. The van der Waals surface area contributed by atoms with Crippen molar-refractivity contribution in [1.29, 1.82) is 0 Å². The van der Waals surface area contributed by atoms with Gasteiger partial charge in [-0.1, -0.05) is 162 Å². The maximum Gasteiger partial charge on any atom is 0.334 e. The predicted molar refractivity (Wildman–Crippen MR) is 253 cm³/mol. The topological polar surface area (TPSA) is 173 Å². The number of carboxylic acids is 4. The highest BCUT2D eigenvalue weighted by Gasteiger charge is 2.82. The van der Waals surface area contributed by atoms with E-state index in [1.165, 1.54) is 83.5 Å². The number of piperidine rings is 2. The SMILES string of the molecule is CCCCCCCCCCCCCCC(CCCCCCCCCCCCC)(C1CC(C)(C)NC(C)(C)C1)C(C(=O)O)(C1CC(C)(C)NC(C)(C)C1)C(C(=O)O)(C(=O)O)C(=O)O. The van der Waals surface area contributed by atoms with Crippen LogP contribution in [-0.2, 0) is 19.2 Å². The molecule has 0 aromatic carbocycles. The van der Waals surface area contributed by atoms with E-state index in [1.54, 1.807) is 0 Å². The van der Waals surface area contributed by atoms with Gasteiger partial charge in [0, 0.05) is 22.2 Å². The summed E-state index contributed by atoms with van der Waals surface area (Å²) in [6.45, 7) is 20.5. The largest absolute Gasteiger partial charge is 0.481 e. The van der Waals surface area contributed by atoms with Crippen molar-refractivity contribution in [2.24, 2.45) is 28.1 Å². The summed E-state index contributed by atoms with van der Waals surface area (Å²) >= 11 is 0. The fourth-order valence-corrected chi connectivity index (χ4v) is 13.4. The van der Waals surface area contributed by atoms with Gasteiger partial charge in [-0.25, -0.2) is 0 Å². The van der Waals surface area contributed by atoms with E-state index in [0.29, 0.717) is 25.7 Å². The molecule has 0 aromatic rings. The van der Waals surface area contributed by atoms with Crippen LogP contribution >= 0.6 is 0 Å². The number of rotatable bonds is 33. The summed E-state index contributed by atoms with van der Waals surface area (Å²) in [7, 11) is 0. The Morgan fingerprint density at radius 2 is 0.645 bits per heavy atom. The Morgan fingerprint density at radius 1 is 0.403 bits per heavy atom. The Morgan fingerprint density at radius 3 is 0.887 bits per heavy atom. The molecule has 2 rings (SSSR count). The molecule has 0 saturated carbocycles. The zero-order chi connectivity index (χ0) is 46.9. The lowest BCUT2D eigenvalue weighted by molar-refractivity contribution is -0.234. The van der Waals surface area contributed by atoms with Crippen molar-refractivity contribution in [1.82, 2.24) is 10.6 Å². The van der Waals surface area contributed by atoms with E-state index in [9.17, 15) is 34.8 Å². The van der Waals surface area contributed by atoms with Crippen molar-refractivity contribution < 1.29 is 39.6 Å². The molecule has 0 spiro atoms. The number of hydrogen-bond acceptors (Lipinski definition) is 6. The highest BCUT2D eigenvalue weighted by Crippen LogP contribution is 2.69. The summed E-state index contributed by atoms with van der Waals surface area (Å²) < 4.78 is 0. The van der Waals surface area contributed by atoms with Gasteiger partial charge in [0.15, 0.2) is 0 Å². The lowest BCUT2D eigenvalue weighted by Gasteiger charge is -2.65. The minimum atomic E-state index is -3.65. The Labute approximate surface area is 378 Å². The molecular weight excluding hydrogens is 781 g/mol. The lowest BCUT2D eigenvalue weighted by Crippen LogP contribution is -2.75. The average molecular weight is 877 g/mol. The van der Waals surface area contributed by atoms with Crippen LogP contribution in [0.3, 0.4) is 0 Å². The summed E-state index contributed by atoms with van der Waals surface area (Å²) in [6, 6.07) is 0. The van der Waals surface area contributed by atoms with Crippen molar-refractivity contribution in [2.45, 2.75) is 278 Å². The molecule has 0 radical (unpaired) electrons. The van der Waals surface area contributed by atoms with E-state index in [1.807, 2.05) is 27.7 Å². The highest BCUT2D eigenvalue weighted by molar-refractivity contribution is 6.20. The molecule has 0 aromatic heterocycles. The van der Waals surface area contributed by atoms with E-state index in [-0.39, 0.29) is 25.7 Å². The minimum Gasteiger partial charge on any atom is -0.481 e. The Bertz CT molecular complexity index is 1320. The van der Waals surface area contributed by atoms with Crippen LogP contribution in [0.1, 0.15) is 255 Å². The molecule has 6 N–H and O–H groups in total. The zero-order valence-corrected chi connectivity index (χ0v) is 41.6. The number of carboxylic acid groups (broad SMARTS) is 4. The first-order valence-corrected chi connectivity index (χ1v) is 25.5. The monoisotopic (exact) mass is 877 g/mol. The first kappa shape index (κ1) is 55.9. The standard InChI is InChI=1S/C52H96N2O8/c1-11-13-15-17-19-21-23-25-27-29-31-33-35-50(40-36-46(3,4)53-47(5,6)37-40,34-32-30-28-26-24-22-20-18-16-14-12-2)52(45(61)62,51(42(55)56,43(57)58)44(59)60)41-38-48(7,8)54-49(9,10)39-41/h40-41,53-54H,11-39H2,1-10H3,(H,55,56)(H,57,58)(H,59,60)(H,61,62). The van der Waals surface area contributed by atoms with Gasteiger partial charge in [0.25, 0.3) is 5.41 Å². The molecule has 362 valence electrons. The van der Waals surface area contributed by atoms with Gasteiger partial charge >= 0.3 is 23.9 Å². The molecule has 10 heteroatoms. The van der Waals surface area contributed by atoms with E-state index >= 15 is 4.79 Å². The van der Waals surface area contributed by atoms with E-state index < -0.39 is 74.1 Å². The second kappa shape index (κ2) is 24.9. The van der Waals surface area contributed by atoms with Crippen LogP contribution in [0.4, 0.5) is 0 Å². The second-order valence-electron chi connectivity index (χ2n) is 22.9. The first-order chi connectivity index (χ1) is 28.9. The Kier molecular flexibility index (Phi) is 22.5. The summed E-state index contributed by atoms with van der Waals surface area (Å²) in [5, 5.41) is 53.8. The third-order valence-corrected chi connectivity index (χ3v) is 15.2. The first-order valence-electron chi connectivity index (χ1n) is 25.5. The predicted octanol–water partition coefficient (Wildman–Crippen LogP) is 13.2. The molecule has 10 nitrogen and oxygen atoms in total. The summed E-state index contributed by atoms with van der Waals surface area (Å²) in [4.78, 5) is 57.4. The third kappa shape index (κ3) is 14.7. The smallest absolute Gasteiger partial charge is 0.334 e. The Hall–Kier alpha value is -2.20. The van der Waals surface area contributed by atoms with Crippen LogP contribution in [0.25, 0.3) is 0 Å². The van der Waals surface area contributed by atoms with Gasteiger partial charge in [-0.15, -0.1) is 0 Å². The van der Waals surface area contributed by atoms with Crippen LogP contribution in [-0.4, -0.2) is 66.5 Å². The number of carbonyl (C=O) groups is 4. The normalized spacial score (nSPS) is 20.9. The molecule has 0 aliphatic carbocycles. The molecule has 62 heavy (non-hydrogen) atoms. The molecule has 2 fully saturated rings. The maximum absolute atomic E-state index is 15.1. The van der Waals surface area contributed by atoms with Gasteiger partial charge in [0.2, 0.25) is 0 Å². The Balaban J connectivity index is 2.84. The fraction of sp³-hybridized carbons (Fsp3) is 0.923. The molecule has 2 aliphatic heterocycles. The van der Waals surface area contributed by atoms with Crippen LogP contribution in [0.5, 0.6) is 0 Å². The molecule has 0 bridgehead atoms. The molecule has 2 unspecified atom stereocenters. The van der Waals surface area contributed by atoms with Gasteiger partial charge < -0.3 is 31.1 Å². The summed E-state index contributed by atoms with van der Waals surface area (Å²) in [5.74, 6) is -9.45. The van der Waals surface area contributed by atoms with E-state index in [2.05, 4.69) is 52.2 Å². The lowest BCUT2D eigenvalue weighted by atomic mass is 9.37. The highest BCUT2D eigenvalue weighted by atomic mass is 16.4. The van der Waals surface area contributed by atoms with Gasteiger partial charge in [-0.2, -0.15) is 0 Å². The number of aliphatic carboxylic acids is 4. The van der Waals surface area contributed by atoms with E-state index in [0.717, 1.165) is 51.4 Å². The van der Waals surface area contributed by atoms with Crippen LogP contribution in [0, 0.1) is 28.1 Å². The van der Waals surface area contributed by atoms with Gasteiger partial charge in [0.1, 0.15) is 5.41 Å². The number of nitrogens with one attached hydrogen (secondary N) is 2. The van der Waals surface area contributed by atoms with Crippen molar-refractivity contribution in [2.75, 3.05) is 0 Å². The van der Waals surface area contributed by atoms with E-state index in [4.69, 9.17) is 0 Å². The van der Waals surface area contributed by atoms with Crippen LogP contribution < -0.4 is 10.6 Å². The summed E-state index contributed by atoms with van der Waals surface area (Å²) in [5.41, 5.74) is -10.3. The molecular formula is C52H96N2O8. The molecule has 2 heterocycles. The maximum atomic E-state index is 15.1. The minimum absolute atomic E-state index is 0.120. The van der Waals surface area contributed by atoms with Crippen molar-refractivity contribution >= 4 is 23.9 Å². The quantitative estimate of drug-likeness (QED) is 0.0275. The molecule has 0 amide bonds. The number of hydrogen-bond donors (Lipinski definition) is 6. The van der Waals surface area contributed by atoms with Gasteiger partial charge in [0.05, 0.1) is 0 Å². The van der Waals surface area contributed by atoms with Gasteiger partial charge in [-0.3, -0.25) is 19.2 Å². The average Bonchev–Trinajstić information content (AvgIpc) is 3.12. The molecule has 2 saturated heterocycles. The molecule has 2 aliphatic rings. The number of unbranched alkanes of at least 4 members (excludes halogenated alkanes) is 21. The zero-order valence-electron chi connectivity index (χ0n) is 41.6. The van der Waals surface area contributed by atoms with Crippen molar-refractivity contribution in [3.05, 3.63) is 0 Å². The van der Waals surface area contributed by atoms with Crippen molar-refractivity contribution in [3.63, 3.8) is 0 Å². The van der Waals surface area contributed by atoms with Crippen molar-refractivity contribution in [3.8, 4) is 0 Å². The fourth-order valence-electron chi connectivity index (χ4n) is 13.4. The van der Waals surface area contributed by atoms with Crippen LogP contribution in [0.15, 0.2) is 0 Å². The van der Waals surface area contributed by atoms with Gasteiger partial charge in [-0.05, 0) is 111 Å². The molecule has 2 atom stereocenters. The summed E-state index contributed by atoms with van der Waals surface area (Å²) in [6.07, 6.45) is 26.7. The second-order valence-corrected chi connectivity index (χ2v) is 22.9.